The van der Waals surface area contributed by atoms with Gasteiger partial charge in [-0.2, -0.15) is 0 Å². The van der Waals surface area contributed by atoms with Gasteiger partial charge in [-0.15, -0.1) is 0 Å². The van der Waals surface area contributed by atoms with E-state index in [1.165, 1.54) is 89.9 Å². The van der Waals surface area contributed by atoms with Gasteiger partial charge in [0.25, 0.3) is 0 Å². The van der Waals surface area contributed by atoms with Gasteiger partial charge in [-0.3, -0.25) is 9.59 Å². The SMILES string of the molecule is CCCCCCCCCCCCCC(=O)O[C@@H](CO)COC(=O)CCCCCCCCCCC. The zero-order valence-corrected chi connectivity index (χ0v) is 22.6. The molecule has 1 atom stereocenters. The van der Waals surface area contributed by atoms with Crippen LogP contribution >= 0.6 is 0 Å². The van der Waals surface area contributed by atoms with Gasteiger partial charge in [0.15, 0.2) is 6.10 Å². The van der Waals surface area contributed by atoms with E-state index in [4.69, 9.17) is 9.47 Å². The molecular weight excluding hydrogens is 428 g/mol. The first kappa shape index (κ1) is 32.9. The maximum atomic E-state index is 12.0. The topological polar surface area (TPSA) is 72.8 Å². The summed E-state index contributed by atoms with van der Waals surface area (Å²) in [7, 11) is 0. The van der Waals surface area contributed by atoms with Crippen LogP contribution in [0.2, 0.25) is 0 Å². The van der Waals surface area contributed by atoms with Crippen molar-refractivity contribution in [2.24, 2.45) is 0 Å². The van der Waals surface area contributed by atoms with Gasteiger partial charge in [-0.05, 0) is 12.8 Å². The average molecular weight is 485 g/mol. The molecule has 0 aromatic carbocycles. The summed E-state index contributed by atoms with van der Waals surface area (Å²) >= 11 is 0. The Balaban J connectivity index is 3.59. The van der Waals surface area contributed by atoms with Gasteiger partial charge < -0.3 is 14.6 Å². The van der Waals surface area contributed by atoms with Gasteiger partial charge >= 0.3 is 11.9 Å². The first-order valence-electron chi connectivity index (χ1n) is 14.6. The van der Waals surface area contributed by atoms with E-state index in [-0.39, 0.29) is 25.2 Å². The number of ether oxygens (including phenoxy) is 2. The van der Waals surface area contributed by atoms with Crippen LogP contribution in [0.25, 0.3) is 0 Å². The van der Waals surface area contributed by atoms with E-state index in [9.17, 15) is 14.7 Å². The van der Waals surface area contributed by atoms with Crippen LogP contribution in [0.4, 0.5) is 0 Å². The molecule has 0 aromatic heterocycles. The minimum atomic E-state index is -0.757. The molecule has 5 heteroatoms. The van der Waals surface area contributed by atoms with Crippen molar-refractivity contribution in [1.29, 1.82) is 0 Å². The molecule has 0 rings (SSSR count). The number of aliphatic hydroxyl groups excluding tert-OH is 1. The van der Waals surface area contributed by atoms with Crippen molar-refractivity contribution >= 4 is 11.9 Å². The third-order valence-corrected chi connectivity index (χ3v) is 6.40. The fourth-order valence-corrected chi connectivity index (χ4v) is 4.14. The Morgan fingerprint density at radius 3 is 1.29 bits per heavy atom. The second-order valence-corrected chi connectivity index (χ2v) is 9.84. The molecule has 1 N–H and O–H groups in total. The van der Waals surface area contributed by atoms with Gasteiger partial charge in [0, 0.05) is 12.8 Å². The highest BCUT2D eigenvalue weighted by molar-refractivity contribution is 5.70. The van der Waals surface area contributed by atoms with Crippen molar-refractivity contribution in [2.75, 3.05) is 13.2 Å². The number of aliphatic hydroxyl groups is 1. The van der Waals surface area contributed by atoms with E-state index < -0.39 is 6.10 Å². The van der Waals surface area contributed by atoms with Crippen molar-refractivity contribution in [1.82, 2.24) is 0 Å². The highest BCUT2D eigenvalue weighted by Gasteiger charge is 2.16. The van der Waals surface area contributed by atoms with E-state index in [0.29, 0.717) is 12.8 Å². The number of unbranched alkanes of at least 4 members (excludes halogenated alkanes) is 18. The molecule has 0 aliphatic heterocycles. The minimum Gasteiger partial charge on any atom is -0.462 e. The van der Waals surface area contributed by atoms with Crippen molar-refractivity contribution in [3.8, 4) is 0 Å². The largest absolute Gasteiger partial charge is 0.462 e. The summed E-state index contributed by atoms with van der Waals surface area (Å²) < 4.78 is 10.5. The summed E-state index contributed by atoms with van der Waals surface area (Å²) in [6, 6.07) is 0. The lowest BCUT2D eigenvalue weighted by molar-refractivity contribution is -0.161. The lowest BCUT2D eigenvalue weighted by Crippen LogP contribution is -2.28. The summed E-state index contributed by atoms with van der Waals surface area (Å²) in [4.78, 5) is 23.9. The molecule has 0 saturated heterocycles. The normalized spacial score (nSPS) is 12.0. The van der Waals surface area contributed by atoms with Crippen LogP contribution in [0.5, 0.6) is 0 Å². The third-order valence-electron chi connectivity index (χ3n) is 6.40. The van der Waals surface area contributed by atoms with Crippen LogP contribution in [0.1, 0.15) is 155 Å². The zero-order chi connectivity index (χ0) is 25.1. The number of esters is 2. The Morgan fingerprint density at radius 2 is 0.912 bits per heavy atom. The van der Waals surface area contributed by atoms with E-state index in [0.717, 1.165) is 38.5 Å². The number of hydrogen-bond donors (Lipinski definition) is 1. The molecule has 0 amide bonds. The minimum absolute atomic E-state index is 0.0588. The first-order chi connectivity index (χ1) is 16.6. The summed E-state index contributed by atoms with van der Waals surface area (Å²) in [5.74, 6) is -0.590. The number of rotatable bonds is 26. The molecule has 0 spiro atoms. The van der Waals surface area contributed by atoms with Gasteiger partial charge in [0.05, 0.1) is 6.61 Å². The Kier molecular flexibility index (Phi) is 25.6. The first-order valence-corrected chi connectivity index (χ1v) is 14.6. The lowest BCUT2D eigenvalue weighted by Gasteiger charge is -2.15. The van der Waals surface area contributed by atoms with Gasteiger partial charge in [-0.25, -0.2) is 0 Å². The molecule has 5 nitrogen and oxygen atoms in total. The predicted octanol–water partition coefficient (Wildman–Crippen LogP) is 8.06. The molecule has 0 aliphatic carbocycles. The van der Waals surface area contributed by atoms with Crippen LogP contribution in [-0.2, 0) is 19.1 Å². The predicted molar refractivity (Wildman–Crippen MR) is 141 cm³/mol. The van der Waals surface area contributed by atoms with Crippen LogP contribution in [0, 0.1) is 0 Å². The molecular formula is C29H56O5. The van der Waals surface area contributed by atoms with Crippen LogP contribution in [0.3, 0.4) is 0 Å². The summed E-state index contributed by atoms with van der Waals surface area (Å²) in [5, 5.41) is 9.43. The number of carbonyl (C=O) groups excluding carboxylic acids is 2. The summed E-state index contributed by atoms with van der Waals surface area (Å²) in [5.41, 5.74) is 0. The molecule has 0 aromatic rings. The van der Waals surface area contributed by atoms with E-state index >= 15 is 0 Å². The Bertz CT molecular complexity index is 452. The average Bonchev–Trinajstić information content (AvgIpc) is 2.84. The molecule has 202 valence electrons. The van der Waals surface area contributed by atoms with Crippen LogP contribution in [0.15, 0.2) is 0 Å². The second-order valence-electron chi connectivity index (χ2n) is 9.84. The molecule has 0 heterocycles. The monoisotopic (exact) mass is 484 g/mol. The smallest absolute Gasteiger partial charge is 0.306 e. The van der Waals surface area contributed by atoms with Gasteiger partial charge in [0.2, 0.25) is 0 Å². The van der Waals surface area contributed by atoms with Crippen molar-refractivity contribution < 1.29 is 24.2 Å². The molecule has 0 aliphatic rings. The molecule has 0 saturated carbocycles. The Labute approximate surface area is 210 Å². The van der Waals surface area contributed by atoms with Crippen LogP contribution in [-0.4, -0.2) is 36.4 Å². The molecule has 0 bridgehead atoms. The standard InChI is InChI=1S/C29H56O5/c1-3-5-7-9-11-13-14-16-18-20-22-24-29(32)34-27(25-30)26-33-28(31)23-21-19-17-15-12-10-8-6-4-2/h27,30H,3-26H2,1-2H3/t27-/m0/s1. The quantitative estimate of drug-likeness (QED) is 0.0992. The van der Waals surface area contributed by atoms with E-state index in [1.807, 2.05) is 0 Å². The van der Waals surface area contributed by atoms with Crippen molar-refractivity contribution in [2.45, 2.75) is 161 Å². The zero-order valence-electron chi connectivity index (χ0n) is 22.6. The summed E-state index contributed by atoms with van der Waals surface area (Å²) in [6.07, 6.45) is 24.4. The fourth-order valence-electron chi connectivity index (χ4n) is 4.14. The maximum Gasteiger partial charge on any atom is 0.306 e. The second kappa shape index (κ2) is 26.5. The molecule has 0 fully saturated rings. The van der Waals surface area contributed by atoms with E-state index in [1.54, 1.807) is 0 Å². The maximum absolute atomic E-state index is 12.0. The highest BCUT2D eigenvalue weighted by atomic mass is 16.6. The molecule has 34 heavy (non-hydrogen) atoms. The Hall–Kier alpha value is -1.10. The van der Waals surface area contributed by atoms with E-state index in [2.05, 4.69) is 13.8 Å². The van der Waals surface area contributed by atoms with Gasteiger partial charge in [-0.1, -0.05) is 129 Å². The third kappa shape index (κ3) is 24.0. The van der Waals surface area contributed by atoms with Crippen molar-refractivity contribution in [3.63, 3.8) is 0 Å². The van der Waals surface area contributed by atoms with Gasteiger partial charge in [0.1, 0.15) is 6.61 Å². The number of carbonyl (C=O) groups is 2. The van der Waals surface area contributed by atoms with Crippen LogP contribution < -0.4 is 0 Å². The lowest BCUT2D eigenvalue weighted by atomic mass is 10.1. The van der Waals surface area contributed by atoms with Crippen molar-refractivity contribution in [3.05, 3.63) is 0 Å². The fraction of sp³-hybridized carbons (Fsp3) is 0.931. The molecule has 0 radical (unpaired) electrons. The molecule has 0 unspecified atom stereocenters. The number of hydrogen-bond acceptors (Lipinski definition) is 5. The highest BCUT2D eigenvalue weighted by Crippen LogP contribution is 2.13. The Morgan fingerprint density at radius 1 is 0.559 bits per heavy atom. The summed E-state index contributed by atoms with van der Waals surface area (Å²) in [6.45, 7) is 4.09.